The van der Waals surface area contributed by atoms with E-state index >= 15 is 0 Å². The molecule has 0 aromatic rings. The molecular weight excluding hydrogens is 364 g/mol. The van der Waals surface area contributed by atoms with Gasteiger partial charge < -0.3 is 19.3 Å². The Morgan fingerprint density at radius 1 is 1.04 bits per heavy atom. The van der Waals surface area contributed by atoms with Crippen molar-refractivity contribution in [2.45, 2.75) is 58.5 Å². The van der Waals surface area contributed by atoms with E-state index in [4.69, 9.17) is 9.47 Å². The third kappa shape index (κ3) is 6.76. The van der Waals surface area contributed by atoms with Crippen molar-refractivity contribution in [2.24, 2.45) is 5.92 Å². The van der Waals surface area contributed by atoms with E-state index in [1.165, 1.54) is 12.1 Å². The molecule has 2 heterocycles. The van der Waals surface area contributed by atoms with Gasteiger partial charge in [-0.1, -0.05) is 0 Å². The van der Waals surface area contributed by atoms with Gasteiger partial charge in [0.25, 0.3) is 0 Å². The van der Waals surface area contributed by atoms with Gasteiger partial charge in [-0.05, 0) is 58.8 Å². The van der Waals surface area contributed by atoms with Gasteiger partial charge in [-0.2, -0.15) is 0 Å². The predicted molar refractivity (Wildman–Crippen MR) is 104 cm³/mol. The van der Waals surface area contributed by atoms with Crippen molar-refractivity contribution in [1.29, 1.82) is 0 Å². The molecule has 9 heteroatoms. The third-order valence-corrected chi connectivity index (χ3v) is 4.88. The zero-order chi connectivity index (χ0) is 20.7. The molecule has 2 aliphatic heterocycles. The number of urea groups is 1. The summed E-state index contributed by atoms with van der Waals surface area (Å²) >= 11 is 0. The first-order valence-corrected chi connectivity index (χ1v) is 10.1. The molecule has 0 bridgehead atoms. The third-order valence-electron chi connectivity index (χ3n) is 4.88. The fourth-order valence-corrected chi connectivity index (χ4v) is 3.61. The summed E-state index contributed by atoms with van der Waals surface area (Å²) in [7, 11) is 1.36. The molecule has 2 aliphatic rings. The van der Waals surface area contributed by atoms with Gasteiger partial charge in [0, 0.05) is 32.7 Å². The molecule has 1 N–H and O–H groups in total. The number of piperidine rings is 2. The molecule has 0 aromatic carbocycles. The van der Waals surface area contributed by atoms with Gasteiger partial charge >= 0.3 is 18.2 Å². The Morgan fingerprint density at radius 3 is 2.29 bits per heavy atom. The Balaban J connectivity index is 2.05. The van der Waals surface area contributed by atoms with Crippen LogP contribution in [0.5, 0.6) is 0 Å². The standard InChI is InChI=1S/C19H34N4O5/c1-19(2,3)28-16(24)20-23(17(25)21-10-6-5-7-11-21)14-15-9-8-12-22(13-15)18(26)27-4/h15H,5-14H2,1-4H3,(H,20,24). The van der Waals surface area contributed by atoms with Crippen LogP contribution in [-0.4, -0.2) is 78.5 Å². The highest BCUT2D eigenvalue weighted by atomic mass is 16.6. The van der Waals surface area contributed by atoms with E-state index in [0.29, 0.717) is 32.7 Å². The van der Waals surface area contributed by atoms with Crippen molar-refractivity contribution >= 4 is 18.2 Å². The fourth-order valence-electron chi connectivity index (χ4n) is 3.61. The predicted octanol–water partition coefficient (Wildman–Crippen LogP) is 2.81. The lowest BCUT2D eigenvalue weighted by Crippen LogP contribution is -2.56. The summed E-state index contributed by atoms with van der Waals surface area (Å²) in [4.78, 5) is 40.6. The van der Waals surface area contributed by atoms with Gasteiger partial charge in [-0.3, -0.25) is 0 Å². The Labute approximate surface area is 167 Å². The number of methoxy groups -OCH3 is 1. The second kappa shape index (κ2) is 9.84. The normalized spacial score (nSPS) is 20.4. The number of ether oxygens (including phenoxy) is 2. The fraction of sp³-hybridized carbons (Fsp3) is 0.842. The molecule has 2 rings (SSSR count). The van der Waals surface area contributed by atoms with Gasteiger partial charge in [0.2, 0.25) is 0 Å². The van der Waals surface area contributed by atoms with E-state index in [1.54, 1.807) is 30.6 Å². The zero-order valence-electron chi connectivity index (χ0n) is 17.5. The number of rotatable bonds is 2. The molecule has 2 fully saturated rings. The Morgan fingerprint density at radius 2 is 1.68 bits per heavy atom. The van der Waals surface area contributed by atoms with E-state index in [9.17, 15) is 14.4 Å². The molecule has 4 amide bonds. The highest BCUT2D eigenvalue weighted by Gasteiger charge is 2.31. The number of amides is 4. The van der Waals surface area contributed by atoms with Gasteiger partial charge in [0.1, 0.15) is 5.60 Å². The molecule has 0 radical (unpaired) electrons. The van der Waals surface area contributed by atoms with E-state index in [2.05, 4.69) is 5.43 Å². The van der Waals surface area contributed by atoms with Crippen molar-refractivity contribution < 1.29 is 23.9 Å². The largest absolute Gasteiger partial charge is 0.453 e. The first kappa shape index (κ1) is 22.1. The number of nitrogens with zero attached hydrogens (tertiary/aromatic N) is 3. The lowest BCUT2D eigenvalue weighted by molar-refractivity contribution is 0.0287. The van der Waals surface area contributed by atoms with Crippen LogP contribution in [0.2, 0.25) is 0 Å². The molecule has 0 spiro atoms. The first-order chi connectivity index (χ1) is 13.2. The number of hydrogen-bond acceptors (Lipinski definition) is 5. The van der Waals surface area contributed by atoms with Crippen LogP contribution in [0.1, 0.15) is 52.9 Å². The second-order valence-electron chi connectivity index (χ2n) is 8.48. The van der Waals surface area contributed by atoms with Crippen LogP contribution in [-0.2, 0) is 9.47 Å². The molecule has 2 saturated heterocycles. The Hall–Kier alpha value is -2.19. The minimum absolute atomic E-state index is 0.0523. The monoisotopic (exact) mass is 398 g/mol. The minimum Gasteiger partial charge on any atom is -0.453 e. The maximum Gasteiger partial charge on any atom is 0.426 e. The molecule has 0 aromatic heterocycles. The van der Waals surface area contributed by atoms with Crippen LogP contribution < -0.4 is 5.43 Å². The van der Waals surface area contributed by atoms with Gasteiger partial charge in [0.05, 0.1) is 7.11 Å². The van der Waals surface area contributed by atoms with Gasteiger partial charge in [-0.15, -0.1) is 0 Å². The van der Waals surface area contributed by atoms with Crippen LogP contribution in [0.3, 0.4) is 0 Å². The SMILES string of the molecule is COC(=O)N1CCCC(CN(NC(=O)OC(C)(C)C)C(=O)N2CCCCC2)C1. The Kier molecular flexibility index (Phi) is 7.77. The van der Waals surface area contributed by atoms with Crippen LogP contribution in [0.25, 0.3) is 0 Å². The number of nitrogens with one attached hydrogen (secondary N) is 1. The number of hydrazine groups is 1. The molecule has 160 valence electrons. The number of likely N-dealkylation sites (tertiary alicyclic amines) is 2. The quantitative estimate of drug-likeness (QED) is 0.722. The summed E-state index contributed by atoms with van der Waals surface area (Å²) < 4.78 is 10.1. The van der Waals surface area contributed by atoms with Crippen LogP contribution >= 0.6 is 0 Å². The summed E-state index contributed by atoms with van der Waals surface area (Å²) in [5.41, 5.74) is 1.97. The zero-order valence-corrected chi connectivity index (χ0v) is 17.5. The number of hydrogen-bond donors (Lipinski definition) is 1. The lowest BCUT2D eigenvalue weighted by Gasteiger charge is -2.37. The smallest absolute Gasteiger partial charge is 0.426 e. The summed E-state index contributed by atoms with van der Waals surface area (Å²) in [6.07, 6.45) is 3.72. The van der Waals surface area contributed by atoms with E-state index in [-0.39, 0.29) is 18.0 Å². The molecule has 28 heavy (non-hydrogen) atoms. The summed E-state index contributed by atoms with van der Waals surface area (Å²) in [6.45, 7) is 8.15. The van der Waals surface area contributed by atoms with Crippen molar-refractivity contribution in [3.63, 3.8) is 0 Å². The van der Waals surface area contributed by atoms with E-state index in [0.717, 1.165) is 32.1 Å². The van der Waals surface area contributed by atoms with Crippen LogP contribution in [0.4, 0.5) is 14.4 Å². The maximum atomic E-state index is 13.0. The number of carbonyl (C=O) groups is 3. The van der Waals surface area contributed by atoms with Crippen molar-refractivity contribution in [3.8, 4) is 0 Å². The minimum atomic E-state index is -0.656. The summed E-state index contributed by atoms with van der Waals surface area (Å²) in [5.74, 6) is 0.0523. The molecule has 0 aliphatic carbocycles. The van der Waals surface area contributed by atoms with Crippen LogP contribution in [0.15, 0.2) is 0 Å². The molecule has 9 nitrogen and oxygen atoms in total. The van der Waals surface area contributed by atoms with Gasteiger partial charge in [-0.25, -0.2) is 24.8 Å². The van der Waals surface area contributed by atoms with Crippen LogP contribution in [0, 0.1) is 5.92 Å². The highest BCUT2D eigenvalue weighted by molar-refractivity contribution is 5.78. The first-order valence-electron chi connectivity index (χ1n) is 10.1. The molecule has 1 unspecified atom stereocenters. The summed E-state index contributed by atoms with van der Waals surface area (Å²) in [5, 5.41) is 1.35. The molecular formula is C19H34N4O5. The topological polar surface area (TPSA) is 91.4 Å². The average Bonchev–Trinajstić information content (AvgIpc) is 2.65. The Bertz CT molecular complexity index is 557. The average molecular weight is 399 g/mol. The molecule has 1 atom stereocenters. The molecule has 0 saturated carbocycles. The maximum absolute atomic E-state index is 13.0. The highest BCUT2D eigenvalue weighted by Crippen LogP contribution is 2.19. The van der Waals surface area contributed by atoms with Gasteiger partial charge in [0.15, 0.2) is 0 Å². The van der Waals surface area contributed by atoms with Crippen molar-refractivity contribution in [2.75, 3.05) is 39.8 Å². The summed E-state index contributed by atoms with van der Waals surface area (Å²) in [6, 6.07) is -0.222. The van der Waals surface area contributed by atoms with Crippen molar-refractivity contribution in [1.82, 2.24) is 20.2 Å². The number of carbonyl (C=O) groups excluding carboxylic acids is 3. The van der Waals surface area contributed by atoms with E-state index in [1.807, 2.05) is 0 Å². The van der Waals surface area contributed by atoms with E-state index < -0.39 is 11.7 Å². The second-order valence-corrected chi connectivity index (χ2v) is 8.48. The van der Waals surface area contributed by atoms with Crippen molar-refractivity contribution in [3.05, 3.63) is 0 Å². The lowest BCUT2D eigenvalue weighted by atomic mass is 9.98.